The van der Waals surface area contributed by atoms with Crippen LogP contribution in [0.4, 0.5) is 17.6 Å². The summed E-state index contributed by atoms with van der Waals surface area (Å²) in [6, 6.07) is 18.1. The summed E-state index contributed by atoms with van der Waals surface area (Å²) in [7, 11) is -3.49. The highest BCUT2D eigenvalue weighted by Crippen LogP contribution is 2.31. The lowest BCUT2D eigenvalue weighted by Gasteiger charge is -2.27. The van der Waals surface area contributed by atoms with E-state index >= 15 is 0 Å². The third-order valence-electron chi connectivity index (χ3n) is 8.99. The number of sulfonamides is 1. The largest absolute Gasteiger partial charge is 0.479 e. The van der Waals surface area contributed by atoms with E-state index in [-0.39, 0.29) is 48.5 Å². The number of hydrogen-bond donors (Lipinski definition) is 5. The zero-order chi connectivity index (χ0) is 45.5. The van der Waals surface area contributed by atoms with Crippen molar-refractivity contribution in [2.45, 2.75) is 62.7 Å². The molecule has 1 heterocycles. The van der Waals surface area contributed by atoms with Gasteiger partial charge in [0.1, 0.15) is 12.4 Å². The Balaban J connectivity index is 0.000000878. The average molecular weight is 898 g/mol. The summed E-state index contributed by atoms with van der Waals surface area (Å²) in [5.41, 5.74) is 1.93. The molecule has 4 aromatic rings. The van der Waals surface area contributed by atoms with E-state index in [1.807, 2.05) is 26.0 Å². The molecule has 1 aromatic heterocycles. The van der Waals surface area contributed by atoms with E-state index in [9.17, 15) is 45.2 Å². The van der Waals surface area contributed by atoms with Crippen molar-refractivity contribution < 1.29 is 60.8 Å². The van der Waals surface area contributed by atoms with Gasteiger partial charge in [-0.25, -0.2) is 27.1 Å². The number of carboxylic acids is 2. The maximum atomic E-state index is 14.1. The fraction of sp³-hybridized carbons (Fsp3) is 0.375. The van der Waals surface area contributed by atoms with E-state index in [2.05, 4.69) is 14.6 Å². The summed E-state index contributed by atoms with van der Waals surface area (Å²) in [5, 5.41) is 32.8. The molecule has 0 saturated heterocycles. The number of nitrogens with zero attached hydrogens (tertiary/aromatic N) is 4. The maximum absolute atomic E-state index is 14.1. The first-order valence-corrected chi connectivity index (χ1v) is 21.5. The number of aliphatic carboxylic acids is 2. The van der Waals surface area contributed by atoms with E-state index in [1.165, 1.54) is 42.2 Å². The van der Waals surface area contributed by atoms with Gasteiger partial charge in [-0.15, -0.1) is 0 Å². The first-order valence-electron chi connectivity index (χ1n) is 18.6. The lowest BCUT2D eigenvalue weighted by atomic mass is 10.0. The number of hydrogen-bond acceptors (Lipinski definition) is 11. The van der Waals surface area contributed by atoms with E-state index < -0.39 is 51.5 Å². The predicted octanol–water partition coefficient (Wildman–Crippen LogP) is 3.70. The number of amides is 1. The number of carbonyl (C=O) groups is 3. The van der Waals surface area contributed by atoms with Crippen molar-refractivity contribution >= 4 is 39.6 Å². The van der Waals surface area contributed by atoms with Gasteiger partial charge in [0.2, 0.25) is 15.9 Å². The van der Waals surface area contributed by atoms with Crippen LogP contribution in [0.3, 0.4) is 0 Å². The monoisotopic (exact) mass is 897 g/mol. The number of aliphatic hydroxyl groups is 2. The van der Waals surface area contributed by atoms with Gasteiger partial charge in [0.25, 0.3) is 5.56 Å². The quantitative estimate of drug-likeness (QED) is 0.0486. The highest BCUT2D eigenvalue weighted by Gasteiger charge is 2.30. The summed E-state index contributed by atoms with van der Waals surface area (Å²) in [6.07, 6.45) is -6.34. The highest BCUT2D eigenvalue weighted by atomic mass is 32.2. The van der Waals surface area contributed by atoms with Gasteiger partial charge in [0, 0.05) is 43.7 Å². The Hall–Kier alpha value is -5.19. The van der Waals surface area contributed by atoms with Crippen molar-refractivity contribution in [1.82, 2.24) is 24.1 Å². The molecule has 0 aliphatic carbocycles. The Bertz CT molecular complexity index is 2220. The molecule has 0 aliphatic rings. The minimum absolute atomic E-state index is 0.0236. The van der Waals surface area contributed by atoms with Crippen molar-refractivity contribution in [2.75, 3.05) is 39.0 Å². The van der Waals surface area contributed by atoms with Gasteiger partial charge < -0.3 is 34.8 Å². The zero-order valence-electron chi connectivity index (χ0n) is 33.4. The van der Waals surface area contributed by atoms with Gasteiger partial charge in [-0.05, 0) is 66.0 Å². The van der Waals surface area contributed by atoms with Crippen LogP contribution in [-0.2, 0) is 55.8 Å². The molecule has 0 fully saturated rings. The molecule has 332 valence electrons. The van der Waals surface area contributed by atoms with Crippen LogP contribution in [0.25, 0.3) is 11.1 Å². The molecule has 4 rings (SSSR count). The van der Waals surface area contributed by atoms with E-state index in [0.717, 1.165) is 48.2 Å². The van der Waals surface area contributed by atoms with Gasteiger partial charge in [0.15, 0.2) is 17.4 Å². The number of halogens is 4. The second-order valence-corrected chi connectivity index (χ2v) is 16.3. The van der Waals surface area contributed by atoms with E-state index in [4.69, 9.17) is 20.4 Å². The van der Waals surface area contributed by atoms with Gasteiger partial charge in [0.05, 0.1) is 11.8 Å². The van der Waals surface area contributed by atoms with Crippen LogP contribution in [0, 0.1) is 5.82 Å². The standard InChI is InChI=1S/C36H41F4N5O4S2.C4H6O6/c1-4-43(5-2)20-21-44(22-26-6-10-28(11-7-26)29-12-14-31(15-13-29)36(38,39)40)33(46)24-45-23-30(18-19-41-51(3,48)49)34(47)42-35(45)50-25-27-8-16-32(37)17-9-27;5-1(3(7)8)2(6)4(9)10/h6-17,23,41H,4-5,18-22,24-25H2,1-3H3;1-2,5-6H,(H,7,8)(H,9,10). The first kappa shape index (κ1) is 50.2. The van der Waals surface area contributed by atoms with Crippen LogP contribution in [0.15, 0.2) is 88.9 Å². The first-order chi connectivity index (χ1) is 28.6. The molecule has 3 aromatic carbocycles. The molecule has 5 N–H and O–H groups in total. The van der Waals surface area contributed by atoms with Gasteiger partial charge in [-0.3, -0.25) is 9.59 Å². The summed E-state index contributed by atoms with van der Waals surface area (Å²) in [4.78, 5) is 54.7. The summed E-state index contributed by atoms with van der Waals surface area (Å²) >= 11 is 1.22. The van der Waals surface area contributed by atoms with Crippen molar-refractivity contribution in [3.05, 3.63) is 117 Å². The number of benzene rings is 3. The second kappa shape index (κ2) is 23.1. The maximum Gasteiger partial charge on any atom is 0.416 e. The predicted molar refractivity (Wildman–Crippen MR) is 218 cm³/mol. The third kappa shape index (κ3) is 16.7. The SMILES string of the molecule is CCN(CC)CCN(Cc1ccc(-c2ccc(C(F)(F)F)cc2)cc1)C(=O)Cn1cc(CCNS(C)(=O)=O)c(=O)nc1SCc1ccc(F)cc1.O=C(O)C(O)C(O)C(=O)O. The molecule has 61 heavy (non-hydrogen) atoms. The molecule has 0 spiro atoms. The topological polar surface area (TPSA) is 220 Å². The summed E-state index contributed by atoms with van der Waals surface area (Å²) in [6.45, 7) is 6.73. The molecule has 0 radical (unpaired) electrons. The number of rotatable bonds is 20. The van der Waals surface area contributed by atoms with Gasteiger partial charge in [-0.1, -0.05) is 74.1 Å². The smallest absolute Gasteiger partial charge is 0.416 e. The number of carbonyl (C=O) groups excluding carboxylic acids is 1. The van der Waals surface area contributed by atoms with Crippen molar-refractivity contribution in [1.29, 1.82) is 0 Å². The number of aromatic nitrogens is 2. The van der Waals surface area contributed by atoms with E-state index in [1.54, 1.807) is 33.7 Å². The Morgan fingerprint density at radius 3 is 1.87 bits per heavy atom. The Morgan fingerprint density at radius 2 is 1.38 bits per heavy atom. The lowest BCUT2D eigenvalue weighted by Crippen LogP contribution is -2.40. The second-order valence-electron chi connectivity index (χ2n) is 13.5. The fourth-order valence-electron chi connectivity index (χ4n) is 5.51. The van der Waals surface area contributed by atoms with E-state index in [0.29, 0.717) is 24.4 Å². The molecule has 2 unspecified atom stereocenters. The molecular formula is C40H47F4N5O10S2. The third-order valence-corrected chi connectivity index (χ3v) is 10.8. The molecule has 0 aliphatic heterocycles. The number of likely N-dealkylation sites (N-methyl/N-ethyl adjacent to an activating group) is 1. The molecule has 1 amide bonds. The summed E-state index contributed by atoms with van der Waals surface area (Å²) in [5.74, 6) is -3.81. The van der Waals surface area contributed by atoms with Crippen molar-refractivity contribution in [3.8, 4) is 11.1 Å². The Labute approximate surface area is 353 Å². The van der Waals surface area contributed by atoms with Crippen molar-refractivity contribution in [3.63, 3.8) is 0 Å². The zero-order valence-corrected chi connectivity index (χ0v) is 35.0. The number of alkyl halides is 3. The van der Waals surface area contributed by atoms with Crippen LogP contribution in [0.5, 0.6) is 0 Å². The van der Waals surface area contributed by atoms with Gasteiger partial charge >= 0.3 is 18.1 Å². The minimum atomic E-state index is -4.42. The molecule has 0 saturated carbocycles. The van der Waals surface area contributed by atoms with Crippen LogP contribution in [0.2, 0.25) is 0 Å². The minimum Gasteiger partial charge on any atom is -0.479 e. The van der Waals surface area contributed by atoms with Crippen LogP contribution in [-0.4, -0.2) is 117 Å². The molecule has 15 nitrogen and oxygen atoms in total. The van der Waals surface area contributed by atoms with Crippen LogP contribution < -0.4 is 10.3 Å². The average Bonchev–Trinajstić information content (AvgIpc) is 3.20. The molecule has 21 heteroatoms. The fourth-order valence-corrected chi connectivity index (χ4v) is 6.90. The number of thioether (sulfide) groups is 1. The molecule has 0 bridgehead atoms. The Kier molecular flexibility index (Phi) is 19.0. The number of nitrogens with one attached hydrogen (secondary N) is 1. The number of aliphatic hydroxyl groups excluding tert-OH is 2. The van der Waals surface area contributed by atoms with Crippen LogP contribution >= 0.6 is 11.8 Å². The number of carboxylic acid groups (broad SMARTS) is 2. The highest BCUT2D eigenvalue weighted by molar-refractivity contribution is 7.98. The van der Waals surface area contributed by atoms with Gasteiger partial charge in [-0.2, -0.15) is 18.2 Å². The molecule has 2 atom stereocenters. The molecular weight excluding hydrogens is 851 g/mol. The van der Waals surface area contributed by atoms with Crippen molar-refractivity contribution in [2.24, 2.45) is 0 Å². The summed E-state index contributed by atoms with van der Waals surface area (Å²) < 4.78 is 79.7. The Morgan fingerprint density at radius 1 is 0.852 bits per heavy atom. The normalized spacial score (nSPS) is 12.6. The lowest BCUT2D eigenvalue weighted by molar-refractivity contribution is -0.165. The van der Waals surface area contributed by atoms with Crippen LogP contribution in [0.1, 0.15) is 36.1 Å².